The van der Waals surface area contributed by atoms with Crippen molar-refractivity contribution in [2.75, 3.05) is 0 Å². The van der Waals surface area contributed by atoms with Crippen LogP contribution in [0.2, 0.25) is 0 Å². The van der Waals surface area contributed by atoms with Crippen LogP contribution in [0.15, 0.2) is 12.4 Å². The Kier molecular flexibility index (Phi) is 4.36. The van der Waals surface area contributed by atoms with E-state index >= 15 is 0 Å². The van der Waals surface area contributed by atoms with Gasteiger partial charge < -0.3 is 9.72 Å². The van der Waals surface area contributed by atoms with E-state index in [9.17, 15) is 0 Å². The van der Waals surface area contributed by atoms with E-state index in [0.29, 0.717) is 6.01 Å². The van der Waals surface area contributed by atoms with E-state index in [4.69, 9.17) is 4.74 Å². The molecule has 0 aromatic carbocycles. The molecule has 1 aromatic heterocycles. The molecule has 0 radical (unpaired) electrons. The lowest BCUT2D eigenvalue weighted by Crippen LogP contribution is -2.12. The summed E-state index contributed by atoms with van der Waals surface area (Å²) in [7, 11) is 0. The monoisotopic (exact) mass is 182 g/mol. The van der Waals surface area contributed by atoms with Gasteiger partial charge in [0.15, 0.2) is 0 Å². The maximum absolute atomic E-state index is 5.53. The van der Waals surface area contributed by atoms with Crippen molar-refractivity contribution in [3.8, 4) is 6.01 Å². The fourth-order valence-electron chi connectivity index (χ4n) is 1.25. The van der Waals surface area contributed by atoms with Gasteiger partial charge in [-0.05, 0) is 19.8 Å². The summed E-state index contributed by atoms with van der Waals surface area (Å²) in [5, 5.41) is 0. The Morgan fingerprint density at radius 1 is 1.54 bits per heavy atom. The lowest BCUT2D eigenvalue weighted by molar-refractivity contribution is 0.191. The van der Waals surface area contributed by atoms with Crippen LogP contribution >= 0.6 is 0 Å². The molecular weight excluding hydrogens is 164 g/mol. The number of ether oxygens (including phenoxy) is 1. The average Bonchev–Trinajstić information content (AvgIpc) is 2.57. The zero-order chi connectivity index (χ0) is 9.52. The first-order chi connectivity index (χ1) is 6.33. The van der Waals surface area contributed by atoms with Gasteiger partial charge in [0.25, 0.3) is 6.01 Å². The minimum Gasteiger partial charge on any atom is -0.462 e. The van der Waals surface area contributed by atoms with Crippen molar-refractivity contribution in [3.63, 3.8) is 0 Å². The molecule has 0 aliphatic carbocycles. The third kappa shape index (κ3) is 3.97. The minimum absolute atomic E-state index is 0.262. The third-order valence-electron chi connectivity index (χ3n) is 2.00. The second-order valence-corrected chi connectivity index (χ2v) is 3.32. The van der Waals surface area contributed by atoms with Gasteiger partial charge in [0.05, 0.1) is 6.10 Å². The highest BCUT2D eigenvalue weighted by Gasteiger charge is 2.04. The highest BCUT2D eigenvalue weighted by molar-refractivity contribution is 4.92. The van der Waals surface area contributed by atoms with Crippen LogP contribution in [0.5, 0.6) is 6.01 Å². The van der Waals surface area contributed by atoms with E-state index in [-0.39, 0.29) is 6.10 Å². The Labute approximate surface area is 79.5 Å². The van der Waals surface area contributed by atoms with Gasteiger partial charge in [-0.1, -0.05) is 19.8 Å². The number of aromatic amines is 1. The second kappa shape index (κ2) is 5.62. The fraction of sp³-hybridized carbons (Fsp3) is 0.700. The third-order valence-corrected chi connectivity index (χ3v) is 2.00. The second-order valence-electron chi connectivity index (χ2n) is 3.32. The summed E-state index contributed by atoms with van der Waals surface area (Å²) in [6, 6.07) is 0.629. The number of hydrogen-bond acceptors (Lipinski definition) is 2. The molecule has 3 nitrogen and oxygen atoms in total. The quantitative estimate of drug-likeness (QED) is 0.687. The van der Waals surface area contributed by atoms with Gasteiger partial charge in [-0.3, -0.25) is 0 Å². The van der Waals surface area contributed by atoms with E-state index in [2.05, 4.69) is 23.8 Å². The summed E-state index contributed by atoms with van der Waals surface area (Å²) >= 11 is 0. The summed E-state index contributed by atoms with van der Waals surface area (Å²) in [5.74, 6) is 0. The fourth-order valence-corrected chi connectivity index (χ4v) is 1.25. The van der Waals surface area contributed by atoms with Crippen molar-refractivity contribution in [1.82, 2.24) is 9.97 Å². The predicted molar refractivity (Wildman–Crippen MR) is 52.8 cm³/mol. The zero-order valence-electron chi connectivity index (χ0n) is 8.42. The number of unbranched alkanes of at least 4 members (excludes halogenated alkanes) is 2. The van der Waals surface area contributed by atoms with Crippen molar-refractivity contribution >= 4 is 0 Å². The minimum atomic E-state index is 0.262. The summed E-state index contributed by atoms with van der Waals surface area (Å²) in [5.41, 5.74) is 0. The van der Waals surface area contributed by atoms with Gasteiger partial charge in [0.2, 0.25) is 0 Å². The van der Waals surface area contributed by atoms with Crippen LogP contribution in [0.25, 0.3) is 0 Å². The Morgan fingerprint density at radius 2 is 2.38 bits per heavy atom. The number of rotatable bonds is 6. The van der Waals surface area contributed by atoms with E-state index < -0.39 is 0 Å². The average molecular weight is 182 g/mol. The summed E-state index contributed by atoms with van der Waals surface area (Å²) in [6.45, 7) is 4.29. The number of nitrogens with one attached hydrogen (secondary N) is 1. The topological polar surface area (TPSA) is 37.9 Å². The molecule has 1 aromatic rings. The van der Waals surface area contributed by atoms with Crippen molar-refractivity contribution in [1.29, 1.82) is 0 Å². The molecule has 0 saturated carbocycles. The molecule has 13 heavy (non-hydrogen) atoms. The standard InChI is InChI=1S/C10H18N2O/c1-3-4-5-6-9(2)13-10-11-7-8-12-10/h7-9H,3-6H2,1-2H3,(H,11,12). The van der Waals surface area contributed by atoms with Crippen molar-refractivity contribution in [3.05, 3.63) is 12.4 Å². The Bertz CT molecular complexity index is 209. The molecule has 74 valence electrons. The van der Waals surface area contributed by atoms with Gasteiger partial charge in [0, 0.05) is 12.4 Å². The van der Waals surface area contributed by atoms with E-state index in [1.807, 2.05) is 0 Å². The number of hydrogen-bond donors (Lipinski definition) is 1. The van der Waals surface area contributed by atoms with Gasteiger partial charge in [-0.2, -0.15) is 0 Å². The molecule has 3 heteroatoms. The largest absolute Gasteiger partial charge is 0.462 e. The van der Waals surface area contributed by atoms with Crippen LogP contribution < -0.4 is 4.74 Å². The van der Waals surface area contributed by atoms with Gasteiger partial charge in [-0.15, -0.1) is 0 Å². The first-order valence-corrected chi connectivity index (χ1v) is 4.99. The summed E-state index contributed by atoms with van der Waals surface area (Å²) < 4.78 is 5.53. The van der Waals surface area contributed by atoms with Gasteiger partial charge in [0.1, 0.15) is 0 Å². The molecule has 1 heterocycles. The van der Waals surface area contributed by atoms with Crippen LogP contribution in [0.4, 0.5) is 0 Å². The predicted octanol–water partition coefficient (Wildman–Crippen LogP) is 2.76. The molecule has 0 amide bonds. The number of aromatic nitrogens is 2. The molecule has 0 aliphatic heterocycles. The molecule has 1 atom stereocenters. The first kappa shape index (κ1) is 10.1. The van der Waals surface area contributed by atoms with Crippen LogP contribution in [-0.4, -0.2) is 16.1 Å². The smallest absolute Gasteiger partial charge is 0.293 e. The molecule has 0 saturated heterocycles. The molecular formula is C10H18N2O. The maximum Gasteiger partial charge on any atom is 0.293 e. The highest BCUT2D eigenvalue weighted by Crippen LogP contribution is 2.09. The van der Waals surface area contributed by atoms with Crippen molar-refractivity contribution in [2.45, 2.75) is 45.6 Å². The van der Waals surface area contributed by atoms with Crippen LogP contribution in [-0.2, 0) is 0 Å². The number of imidazole rings is 1. The van der Waals surface area contributed by atoms with Crippen molar-refractivity contribution < 1.29 is 4.74 Å². The molecule has 0 fully saturated rings. The Hall–Kier alpha value is -0.990. The SMILES string of the molecule is CCCCCC(C)Oc1ncc[nH]1. The summed E-state index contributed by atoms with van der Waals surface area (Å²) in [6.07, 6.45) is 8.62. The maximum atomic E-state index is 5.53. The van der Waals surface area contributed by atoms with Gasteiger partial charge in [-0.25, -0.2) is 4.98 Å². The zero-order valence-corrected chi connectivity index (χ0v) is 8.42. The highest BCUT2D eigenvalue weighted by atomic mass is 16.5. The molecule has 1 rings (SSSR count). The van der Waals surface area contributed by atoms with Crippen LogP contribution in [0.3, 0.4) is 0 Å². The van der Waals surface area contributed by atoms with E-state index in [1.165, 1.54) is 19.3 Å². The Morgan fingerprint density at radius 3 is 3.00 bits per heavy atom. The molecule has 0 aliphatic rings. The lowest BCUT2D eigenvalue weighted by atomic mass is 10.1. The number of H-pyrrole nitrogens is 1. The van der Waals surface area contributed by atoms with E-state index in [0.717, 1.165) is 6.42 Å². The van der Waals surface area contributed by atoms with Gasteiger partial charge >= 0.3 is 0 Å². The Balaban J connectivity index is 2.14. The van der Waals surface area contributed by atoms with Crippen LogP contribution in [0, 0.1) is 0 Å². The first-order valence-electron chi connectivity index (χ1n) is 4.99. The van der Waals surface area contributed by atoms with Crippen LogP contribution in [0.1, 0.15) is 39.5 Å². The molecule has 1 unspecified atom stereocenters. The molecule has 1 N–H and O–H groups in total. The summed E-state index contributed by atoms with van der Waals surface area (Å²) in [4.78, 5) is 6.93. The molecule has 0 bridgehead atoms. The lowest BCUT2D eigenvalue weighted by Gasteiger charge is -2.11. The van der Waals surface area contributed by atoms with E-state index in [1.54, 1.807) is 12.4 Å². The number of nitrogens with zero attached hydrogens (tertiary/aromatic N) is 1. The normalized spacial score (nSPS) is 12.8. The molecule has 0 spiro atoms. The van der Waals surface area contributed by atoms with Crippen molar-refractivity contribution in [2.24, 2.45) is 0 Å².